The van der Waals surface area contributed by atoms with Crippen molar-refractivity contribution in [1.29, 1.82) is 0 Å². The molecule has 3 aromatic rings. The van der Waals surface area contributed by atoms with Gasteiger partial charge in [-0.25, -0.2) is 4.68 Å². The zero-order valence-corrected chi connectivity index (χ0v) is 18.7. The van der Waals surface area contributed by atoms with Gasteiger partial charge in [0.1, 0.15) is 5.75 Å². The molecule has 0 bridgehead atoms. The molecule has 1 aromatic heterocycles. The molecular weight excluding hydrogens is 408 g/mol. The summed E-state index contributed by atoms with van der Waals surface area (Å²) in [6.45, 7) is 4.19. The lowest BCUT2D eigenvalue weighted by atomic mass is 10.0. The molecule has 31 heavy (non-hydrogen) atoms. The second-order valence-corrected chi connectivity index (χ2v) is 8.66. The van der Waals surface area contributed by atoms with Gasteiger partial charge >= 0.3 is 0 Å². The Morgan fingerprint density at radius 2 is 1.94 bits per heavy atom. The topological polar surface area (TPSA) is 44.5 Å². The summed E-state index contributed by atoms with van der Waals surface area (Å²) in [6.07, 6.45) is 3.43. The number of fused-ring (bicyclic) bond motifs is 1. The van der Waals surface area contributed by atoms with Crippen molar-refractivity contribution in [2.45, 2.75) is 45.1 Å². The van der Waals surface area contributed by atoms with Gasteiger partial charge in [0.25, 0.3) is 0 Å². The summed E-state index contributed by atoms with van der Waals surface area (Å²) in [7, 11) is 1.68. The molecule has 0 N–H and O–H groups in total. The molecule has 2 aliphatic heterocycles. The molecule has 5 rings (SSSR count). The fourth-order valence-corrected chi connectivity index (χ4v) is 4.77. The van der Waals surface area contributed by atoms with E-state index in [0.29, 0.717) is 6.67 Å². The van der Waals surface area contributed by atoms with Crippen LogP contribution < -0.4 is 4.74 Å². The maximum atomic E-state index is 5.90. The van der Waals surface area contributed by atoms with Gasteiger partial charge in [-0.3, -0.25) is 9.47 Å². The van der Waals surface area contributed by atoms with E-state index >= 15 is 0 Å². The predicted octanol–water partition coefficient (Wildman–Crippen LogP) is 4.28. The molecular formula is C24H28N4O2S. The number of hydrogen-bond donors (Lipinski definition) is 0. The molecule has 162 valence electrons. The Morgan fingerprint density at radius 1 is 1.13 bits per heavy atom. The summed E-state index contributed by atoms with van der Waals surface area (Å²) in [4.78, 5) is 2.42. The number of rotatable bonds is 6. The standard InChI is InChI=1S/C24H28N4O2S/c1-29-21-10-8-19(9-11-21)23-25-28(24(31)27(23)16-22-7-4-14-30-22)17-26-13-12-18-5-2-3-6-20(18)15-26/h2-3,5-6,8-11,22H,4,7,12-17H2,1H3. The largest absolute Gasteiger partial charge is 0.497 e. The lowest BCUT2D eigenvalue weighted by Crippen LogP contribution is -2.32. The molecule has 0 aliphatic carbocycles. The first-order valence-electron chi connectivity index (χ1n) is 10.9. The Bertz CT molecular complexity index is 1100. The maximum absolute atomic E-state index is 5.90. The van der Waals surface area contributed by atoms with Crippen LogP contribution in [-0.4, -0.2) is 45.6 Å². The number of nitrogens with zero attached hydrogens (tertiary/aromatic N) is 4. The van der Waals surface area contributed by atoms with Crippen LogP contribution in [0.15, 0.2) is 48.5 Å². The molecule has 1 unspecified atom stereocenters. The summed E-state index contributed by atoms with van der Waals surface area (Å²) in [5.41, 5.74) is 3.88. The van der Waals surface area contributed by atoms with Crippen molar-refractivity contribution >= 4 is 12.2 Å². The Balaban J connectivity index is 1.44. The third-order valence-corrected chi connectivity index (χ3v) is 6.66. The van der Waals surface area contributed by atoms with E-state index < -0.39 is 0 Å². The zero-order valence-electron chi connectivity index (χ0n) is 17.9. The van der Waals surface area contributed by atoms with E-state index in [1.54, 1.807) is 7.11 Å². The Hall–Kier alpha value is -2.48. The summed E-state index contributed by atoms with van der Waals surface area (Å²) in [6, 6.07) is 16.7. The third-order valence-electron chi connectivity index (χ3n) is 6.22. The summed E-state index contributed by atoms with van der Waals surface area (Å²) in [5.74, 6) is 1.72. The average Bonchev–Trinajstić information content (AvgIpc) is 3.43. The van der Waals surface area contributed by atoms with Crippen LogP contribution in [0, 0.1) is 4.77 Å². The van der Waals surface area contributed by atoms with Gasteiger partial charge in [0.2, 0.25) is 0 Å². The van der Waals surface area contributed by atoms with Crippen molar-refractivity contribution in [2.75, 3.05) is 20.3 Å². The molecule has 1 saturated heterocycles. The number of ether oxygens (including phenoxy) is 2. The number of hydrogen-bond acceptors (Lipinski definition) is 5. The van der Waals surface area contributed by atoms with Crippen molar-refractivity contribution in [1.82, 2.24) is 19.2 Å². The summed E-state index contributed by atoms with van der Waals surface area (Å²) in [5, 5.41) is 4.97. The van der Waals surface area contributed by atoms with Crippen molar-refractivity contribution in [3.8, 4) is 17.1 Å². The zero-order chi connectivity index (χ0) is 21.2. The molecule has 1 atom stereocenters. The molecule has 0 radical (unpaired) electrons. The minimum Gasteiger partial charge on any atom is -0.497 e. The average molecular weight is 437 g/mol. The van der Waals surface area contributed by atoms with E-state index in [-0.39, 0.29) is 6.10 Å². The fourth-order valence-electron chi connectivity index (χ4n) is 4.51. The first kappa shape index (κ1) is 20.4. The van der Waals surface area contributed by atoms with Crippen LogP contribution in [-0.2, 0) is 30.9 Å². The molecule has 0 amide bonds. The molecule has 6 nitrogen and oxygen atoms in total. The van der Waals surface area contributed by atoms with Crippen LogP contribution in [0.2, 0.25) is 0 Å². The molecule has 0 saturated carbocycles. The van der Waals surface area contributed by atoms with Crippen molar-refractivity contribution in [3.63, 3.8) is 0 Å². The smallest absolute Gasteiger partial charge is 0.199 e. The highest BCUT2D eigenvalue weighted by atomic mass is 32.1. The van der Waals surface area contributed by atoms with Crippen LogP contribution in [0.1, 0.15) is 24.0 Å². The van der Waals surface area contributed by atoms with Gasteiger partial charge in [-0.2, -0.15) is 5.10 Å². The van der Waals surface area contributed by atoms with E-state index in [1.165, 1.54) is 11.1 Å². The van der Waals surface area contributed by atoms with Gasteiger partial charge in [0.05, 0.1) is 26.4 Å². The van der Waals surface area contributed by atoms with E-state index in [4.69, 9.17) is 26.8 Å². The van der Waals surface area contributed by atoms with E-state index in [1.807, 2.05) is 28.9 Å². The lowest BCUT2D eigenvalue weighted by Gasteiger charge is -2.28. The first-order chi connectivity index (χ1) is 15.2. The molecule has 1 fully saturated rings. The minimum atomic E-state index is 0.197. The number of benzene rings is 2. The normalized spacial score (nSPS) is 18.8. The monoisotopic (exact) mass is 436 g/mol. The quantitative estimate of drug-likeness (QED) is 0.540. The summed E-state index contributed by atoms with van der Waals surface area (Å²) < 4.78 is 16.1. The Labute approximate surface area is 188 Å². The molecule has 3 heterocycles. The Kier molecular flexibility index (Phi) is 5.89. The Morgan fingerprint density at radius 3 is 2.68 bits per heavy atom. The highest BCUT2D eigenvalue weighted by molar-refractivity contribution is 7.71. The molecule has 2 aliphatic rings. The van der Waals surface area contributed by atoms with Crippen molar-refractivity contribution < 1.29 is 9.47 Å². The second kappa shape index (κ2) is 8.94. The molecule has 2 aromatic carbocycles. The van der Waals surface area contributed by atoms with Crippen LogP contribution >= 0.6 is 12.2 Å². The van der Waals surface area contributed by atoms with E-state index in [0.717, 1.165) is 67.4 Å². The molecule has 0 spiro atoms. The van der Waals surface area contributed by atoms with Gasteiger partial charge in [0, 0.05) is 25.3 Å². The second-order valence-electron chi connectivity index (χ2n) is 8.29. The van der Waals surface area contributed by atoms with Crippen LogP contribution in [0.3, 0.4) is 0 Å². The van der Waals surface area contributed by atoms with Crippen LogP contribution in [0.4, 0.5) is 0 Å². The van der Waals surface area contributed by atoms with E-state index in [2.05, 4.69) is 33.7 Å². The maximum Gasteiger partial charge on any atom is 0.199 e. The number of aromatic nitrogens is 3. The van der Waals surface area contributed by atoms with Gasteiger partial charge in [-0.15, -0.1) is 0 Å². The van der Waals surface area contributed by atoms with Gasteiger partial charge in [-0.05, 0) is 66.9 Å². The highest BCUT2D eigenvalue weighted by Crippen LogP contribution is 2.25. The van der Waals surface area contributed by atoms with Gasteiger partial charge in [-0.1, -0.05) is 24.3 Å². The number of methoxy groups -OCH3 is 1. The van der Waals surface area contributed by atoms with Crippen molar-refractivity contribution in [3.05, 3.63) is 64.4 Å². The van der Waals surface area contributed by atoms with Crippen LogP contribution in [0.5, 0.6) is 5.75 Å². The van der Waals surface area contributed by atoms with Crippen LogP contribution in [0.25, 0.3) is 11.4 Å². The lowest BCUT2D eigenvalue weighted by molar-refractivity contribution is 0.0966. The van der Waals surface area contributed by atoms with Gasteiger partial charge in [0.15, 0.2) is 10.6 Å². The van der Waals surface area contributed by atoms with Gasteiger partial charge < -0.3 is 9.47 Å². The third kappa shape index (κ3) is 4.31. The minimum absolute atomic E-state index is 0.197. The SMILES string of the molecule is COc1ccc(-c2nn(CN3CCc4ccccc4C3)c(=S)n2CC2CCCO2)cc1. The van der Waals surface area contributed by atoms with E-state index in [9.17, 15) is 0 Å². The molecule has 7 heteroatoms. The predicted molar refractivity (Wildman–Crippen MR) is 123 cm³/mol. The summed E-state index contributed by atoms with van der Waals surface area (Å²) >= 11 is 5.90. The first-order valence-corrected chi connectivity index (χ1v) is 11.3. The fraction of sp³-hybridized carbons (Fsp3) is 0.417. The van der Waals surface area contributed by atoms with Crippen molar-refractivity contribution in [2.24, 2.45) is 0 Å². The highest BCUT2D eigenvalue weighted by Gasteiger charge is 2.22.